The van der Waals surface area contributed by atoms with Crippen LogP contribution in [0.15, 0.2) is 69.6 Å². The summed E-state index contributed by atoms with van der Waals surface area (Å²) in [5, 5.41) is 3.24. The second-order valence-corrected chi connectivity index (χ2v) is 7.54. The number of nitrogens with one attached hydrogen (secondary N) is 1. The summed E-state index contributed by atoms with van der Waals surface area (Å²) < 4.78 is 10.3. The summed E-state index contributed by atoms with van der Waals surface area (Å²) in [6.45, 7) is 5.69. The third-order valence-corrected chi connectivity index (χ3v) is 5.56. The smallest absolute Gasteiger partial charge is 0.349 e. The predicted molar refractivity (Wildman–Crippen MR) is 128 cm³/mol. The first-order valence-corrected chi connectivity index (χ1v) is 10.7. The van der Waals surface area contributed by atoms with E-state index in [0.717, 1.165) is 29.8 Å². The molecular weight excluding hydrogens is 438 g/mol. The Labute approximate surface area is 195 Å². The fourth-order valence-corrected chi connectivity index (χ4v) is 3.80. The third kappa shape index (κ3) is 4.15. The van der Waals surface area contributed by atoms with Gasteiger partial charge < -0.3 is 19.4 Å². The van der Waals surface area contributed by atoms with E-state index in [2.05, 4.69) is 10.2 Å². The van der Waals surface area contributed by atoms with Crippen LogP contribution in [-0.2, 0) is 14.3 Å². The number of anilines is 3. The number of carbonyl (C=O) groups is 3. The highest BCUT2D eigenvalue weighted by atomic mass is 16.5. The summed E-state index contributed by atoms with van der Waals surface area (Å²) in [4.78, 5) is 53.0. The summed E-state index contributed by atoms with van der Waals surface area (Å²) >= 11 is 0. The molecule has 4 rings (SSSR count). The minimum absolute atomic E-state index is 0.0719. The van der Waals surface area contributed by atoms with Gasteiger partial charge in [-0.1, -0.05) is 6.07 Å². The van der Waals surface area contributed by atoms with Crippen LogP contribution in [0.4, 0.5) is 17.1 Å². The Hall–Kier alpha value is -4.40. The molecule has 0 fully saturated rings. The first-order chi connectivity index (χ1) is 16.4. The van der Waals surface area contributed by atoms with Crippen molar-refractivity contribution in [2.45, 2.75) is 13.8 Å². The average Bonchev–Trinajstić information content (AvgIpc) is 3.12. The third-order valence-electron chi connectivity index (χ3n) is 5.56. The number of fused-ring (bicyclic) bond motifs is 1. The monoisotopic (exact) mass is 461 g/mol. The van der Waals surface area contributed by atoms with Crippen LogP contribution in [0.2, 0.25) is 0 Å². The topological polar surface area (TPSA) is 109 Å². The zero-order valence-corrected chi connectivity index (χ0v) is 19.0. The molecule has 0 saturated heterocycles. The van der Waals surface area contributed by atoms with Crippen LogP contribution in [0.5, 0.6) is 0 Å². The van der Waals surface area contributed by atoms with Crippen LogP contribution in [0.25, 0.3) is 11.0 Å². The molecule has 1 aliphatic heterocycles. The quantitative estimate of drug-likeness (QED) is 0.425. The molecule has 34 heavy (non-hydrogen) atoms. The standard InChI is InChI=1S/C25H23N3O6/c1-4-27(5-2)17-10-9-15-11-19(25(32)34-20(15)13-17)23(30)26-16-7-6-8-18(12-16)28-22(29)14-21(33-3)24(28)31/h6-14H,4-5H2,1-3H3,(H,26,30). The van der Waals surface area contributed by atoms with Gasteiger partial charge in [0.1, 0.15) is 11.1 Å². The Balaban J connectivity index is 1.59. The van der Waals surface area contributed by atoms with E-state index >= 15 is 0 Å². The van der Waals surface area contributed by atoms with Gasteiger partial charge in [-0.05, 0) is 50.2 Å². The molecule has 2 heterocycles. The van der Waals surface area contributed by atoms with Crippen molar-refractivity contribution in [3.05, 3.63) is 76.3 Å². The number of hydrogen-bond donors (Lipinski definition) is 1. The van der Waals surface area contributed by atoms with Crippen LogP contribution < -0.4 is 20.7 Å². The highest BCUT2D eigenvalue weighted by molar-refractivity contribution is 6.29. The fourth-order valence-electron chi connectivity index (χ4n) is 3.80. The van der Waals surface area contributed by atoms with Gasteiger partial charge in [-0.15, -0.1) is 0 Å². The Bertz CT molecular complexity index is 1390. The van der Waals surface area contributed by atoms with Crippen LogP contribution in [0, 0.1) is 0 Å². The van der Waals surface area contributed by atoms with E-state index in [-0.39, 0.29) is 17.0 Å². The zero-order valence-electron chi connectivity index (χ0n) is 19.0. The Kier molecular flexibility index (Phi) is 6.18. The Morgan fingerprint density at radius 3 is 2.50 bits per heavy atom. The molecule has 3 amide bonds. The lowest BCUT2D eigenvalue weighted by atomic mass is 10.1. The molecule has 0 bridgehead atoms. The van der Waals surface area contributed by atoms with Crippen molar-refractivity contribution < 1.29 is 23.5 Å². The molecular formula is C25H23N3O6. The highest BCUT2D eigenvalue weighted by Gasteiger charge is 2.33. The van der Waals surface area contributed by atoms with Gasteiger partial charge in [0.2, 0.25) is 0 Å². The van der Waals surface area contributed by atoms with E-state index in [1.54, 1.807) is 30.3 Å². The van der Waals surface area contributed by atoms with E-state index in [4.69, 9.17) is 9.15 Å². The van der Waals surface area contributed by atoms with E-state index in [9.17, 15) is 19.2 Å². The summed E-state index contributed by atoms with van der Waals surface area (Å²) in [5.41, 5.74) is 0.935. The van der Waals surface area contributed by atoms with E-state index < -0.39 is 23.3 Å². The van der Waals surface area contributed by atoms with Crippen LogP contribution in [-0.4, -0.2) is 37.9 Å². The second kappa shape index (κ2) is 9.22. The van der Waals surface area contributed by atoms with Crippen LogP contribution in [0.1, 0.15) is 24.2 Å². The van der Waals surface area contributed by atoms with Crippen molar-refractivity contribution in [2.75, 3.05) is 35.3 Å². The molecule has 1 N–H and O–H groups in total. The first kappa shape index (κ1) is 22.8. The van der Waals surface area contributed by atoms with Crippen molar-refractivity contribution in [3.8, 4) is 0 Å². The van der Waals surface area contributed by atoms with Gasteiger partial charge in [-0.25, -0.2) is 9.69 Å². The van der Waals surface area contributed by atoms with Crippen LogP contribution in [0.3, 0.4) is 0 Å². The summed E-state index contributed by atoms with van der Waals surface area (Å²) in [7, 11) is 1.30. The maximum Gasteiger partial charge on any atom is 0.349 e. The largest absolute Gasteiger partial charge is 0.491 e. The molecule has 0 spiro atoms. The van der Waals surface area contributed by atoms with Gasteiger partial charge in [-0.3, -0.25) is 14.4 Å². The molecule has 1 aliphatic rings. The van der Waals surface area contributed by atoms with Crippen molar-refractivity contribution in [3.63, 3.8) is 0 Å². The lowest BCUT2D eigenvalue weighted by Crippen LogP contribution is -2.31. The minimum Gasteiger partial charge on any atom is -0.491 e. The number of amides is 3. The lowest BCUT2D eigenvalue weighted by Gasteiger charge is -2.21. The molecule has 0 radical (unpaired) electrons. The van der Waals surface area contributed by atoms with Crippen LogP contribution >= 0.6 is 0 Å². The molecule has 0 saturated carbocycles. The number of hydrogen-bond acceptors (Lipinski definition) is 7. The number of ether oxygens (including phenoxy) is 1. The summed E-state index contributed by atoms with van der Waals surface area (Å²) in [6, 6.07) is 13.1. The number of methoxy groups -OCH3 is 1. The van der Waals surface area contributed by atoms with Gasteiger partial charge in [0.15, 0.2) is 5.76 Å². The second-order valence-electron chi connectivity index (χ2n) is 7.54. The maximum absolute atomic E-state index is 12.8. The highest BCUT2D eigenvalue weighted by Crippen LogP contribution is 2.26. The maximum atomic E-state index is 12.8. The molecule has 9 nitrogen and oxygen atoms in total. The molecule has 3 aromatic rings. The number of rotatable bonds is 7. The molecule has 174 valence electrons. The molecule has 0 atom stereocenters. The zero-order chi connectivity index (χ0) is 24.4. The van der Waals surface area contributed by atoms with Gasteiger partial charge in [0.05, 0.1) is 18.9 Å². The van der Waals surface area contributed by atoms with E-state index in [1.807, 2.05) is 19.9 Å². The number of imide groups is 1. The predicted octanol–water partition coefficient (Wildman–Crippen LogP) is 3.30. The molecule has 2 aromatic carbocycles. The molecule has 1 aromatic heterocycles. The number of nitrogens with zero attached hydrogens (tertiary/aromatic N) is 2. The van der Waals surface area contributed by atoms with Crippen molar-refractivity contribution in [2.24, 2.45) is 0 Å². The van der Waals surface area contributed by atoms with Gasteiger partial charge in [0, 0.05) is 35.9 Å². The first-order valence-electron chi connectivity index (χ1n) is 10.7. The van der Waals surface area contributed by atoms with Gasteiger partial charge in [-0.2, -0.15) is 0 Å². The number of carbonyl (C=O) groups excluding carboxylic acids is 3. The van der Waals surface area contributed by atoms with Gasteiger partial charge >= 0.3 is 11.5 Å². The SMILES string of the molecule is CCN(CC)c1ccc2cc(C(=O)Nc3cccc(N4C(=O)C=C(OC)C4=O)c3)c(=O)oc2c1. The normalized spacial score (nSPS) is 13.3. The minimum atomic E-state index is -0.767. The van der Waals surface area contributed by atoms with E-state index in [1.165, 1.54) is 19.2 Å². The summed E-state index contributed by atoms with van der Waals surface area (Å²) in [6.07, 6.45) is 1.10. The van der Waals surface area contributed by atoms with Crippen molar-refractivity contribution >= 4 is 45.8 Å². The molecule has 9 heteroatoms. The van der Waals surface area contributed by atoms with Crippen molar-refractivity contribution in [1.82, 2.24) is 0 Å². The average molecular weight is 461 g/mol. The molecule has 0 unspecified atom stereocenters. The summed E-state index contributed by atoms with van der Waals surface area (Å²) in [5.74, 6) is -1.90. The number of benzene rings is 2. The van der Waals surface area contributed by atoms with E-state index in [0.29, 0.717) is 16.7 Å². The Morgan fingerprint density at radius 1 is 1.06 bits per heavy atom. The van der Waals surface area contributed by atoms with Crippen molar-refractivity contribution in [1.29, 1.82) is 0 Å². The molecule has 0 aliphatic carbocycles. The lowest BCUT2D eigenvalue weighted by molar-refractivity contribution is -0.121. The Morgan fingerprint density at radius 2 is 1.82 bits per heavy atom. The van der Waals surface area contributed by atoms with Gasteiger partial charge in [0.25, 0.3) is 11.8 Å². The fraction of sp³-hybridized carbons (Fsp3) is 0.200.